The molecular formula is C95H120BrClFN18NaO24S8. The Morgan fingerprint density at radius 3 is 1.02 bits per heavy atom. The van der Waals surface area contributed by atoms with Crippen LogP contribution in [-0.4, -0.2) is 284 Å². The van der Waals surface area contributed by atoms with Gasteiger partial charge in [0.25, 0.3) is 35.1 Å². The van der Waals surface area contributed by atoms with Crippen LogP contribution in [0.5, 0.6) is 0 Å². The third-order valence-electron chi connectivity index (χ3n) is 20.2. The van der Waals surface area contributed by atoms with E-state index in [-0.39, 0.29) is 120 Å². The molecule has 42 nitrogen and oxygen atoms in total. The number of rotatable bonds is 30. The van der Waals surface area contributed by atoms with Gasteiger partial charge >= 0.3 is 71.3 Å². The molecule has 14 rings (SSSR count). The molecule has 0 bridgehead atoms. The number of hydrogen-bond acceptors (Lipinski definition) is 41. The number of nitrogens with zero attached hydrogens (tertiary/aromatic N) is 15. The maximum atomic E-state index is 13.3. The Morgan fingerprint density at radius 2 is 0.745 bits per heavy atom. The molecule has 1 aliphatic carbocycles. The Labute approximate surface area is 928 Å². The van der Waals surface area contributed by atoms with Crippen molar-refractivity contribution in [1.29, 1.82) is 0 Å². The smallest absolute Gasteiger partial charge is 0.570 e. The van der Waals surface area contributed by atoms with Crippen molar-refractivity contribution < 1.29 is 148 Å². The third-order valence-corrected chi connectivity index (χ3v) is 28.9. The number of likely N-dealkylation sites (N-methyl/N-ethyl adjacent to an activating group) is 3. The van der Waals surface area contributed by atoms with E-state index in [1.165, 1.54) is 137 Å². The number of esters is 7. The molecular weight excluding hydrogens is 2190 g/mol. The van der Waals surface area contributed by atoms with Crippen molar-refractivity contribution in [3.8, 4) is 0 Å². The number of ketones is 5. The van der Waals surface area contributed by atoms with E-state index in [1.54, 1.807) is 99.9 Å². The Balaban J connectivity index is 0.000000357. The van der Waals surface area contributed by atoms with Crippen LogP contribution < -0.4 is 46.8 Å². The van der Waals surface area contributed by atoms with Gasteiger partial charge in [-0.15, -0.1) is 11.6 Å². The molecule has 12 heterocycles. The predicted octanol–water partition coefficient (Wildman–Crippen LogP) is 12.1. The van der Waals surface area contributed by atoms with Gasteiger partial charge in [0.1, 0.15) is 52.2 Å². The van der Waals surface area contributed by atoms with Crippen molar-refractivity contribution in [3.05, 3.63) is 170 Å². The van der Waals surface area contributed by atoms with Crippen molar-refractivity contribution in [1.82, 2.24) is 71.6 Å². The number of halogens is 3. The standard InChI is InChI=1S/C24H26FN3O3S.2C13H15N3O4S.2C9H10N2O2S.2C7H10N2O2S.C6H13BrO2.C6H9ClO3.CH2NS.Na/c1-14-22(32-24-26-13-19(28(14)24)21(30)23(31)27(2)3)20(29)17-8-4-15(5-9-17)12-16-6-10-18(25)11-7-16;2*1-5-20-12(19)10-7(2)16-8(6-14-13(16)21-10)9(17)11(18)15(3)4;2*1-3-13-8(12)7-6(2)11-5-4-10-9(11)14-7;2*1-3-11-6(10)5-4(2)9-7(8)12-5;1-3-8-6(5-7)9-4-2;1-3-10-6(9)5(7)4(2)8;2-1-3;/h6-7,10-11,13,15,17H,4-5,8-9,12H2,1-3H3;2*6H,5H2,1-4H3;2*4-5H,3H2,1-2H3;2*3H2,1-2H3,(H2,8,9);6H,3-5H2,1-2H3;5H,3H2,1-2H3;(H2,2,3);/q;;;;;;;;;-1;+1. The number of imidazole rings is 5. The summed E-state index contributed by atoms with van der Waals surface area (Å²) in [6, 6.07) is 6.64. The first kappa shape index (κ1) is 130. The van der Waals surface area contributed by atoms with Crippen LogP contribution in [0, 0.1) is 66.1 Å². The summed E-state index contributed by atoms with van der Waals surface area (Å²) in [5, 5.41) is 0.403. The molecule has 1 unspecified atom stereocenters. The molecule has 0 spiro atoms. The quantitative estimate of drug-likeness (QED) is 0.00322. The molecule has 12 aromatic heterocycles. The maximum Gasteiger partial charge on any atom is 1.00 e. The molecule has 1 saturated carbocycles. The van der Waals surface area contributed by atoms with Crippen LogP contribution >= 0.6 is 119 Å². The molecule has 13 aromatic rings. The van der Waals surface area contributed by atoms with Crippen LogP contribution in [0.2, 0.25) is 0 Å². The maximum absolute atomic E-state index is 13.3. The Hall–Kier alpha value is -11.5. The monoisotopic (exact) mass is 2310 g/mol. The molecule has 54 heteroatoms. The van der Waals surface area contributed by atoms with Crippen molar-refractivity contribution in [2.45, 2.75) is 161 Å². The molecule has 6 N–H and O–H groups in total. The second kappa shape index (κ2) is 64.2. The molecule has 1 fully saturated rings. The summed E-state index contributed by atoms with van der Waals surface area (Å²) in [5.74, 6) is -6.73. The fraction of sp³-hybridized carbons (Fsp3) is 0.442. The average Bonchev–Trinajstić information content (AvgIpc) is 1.61. The van der Waals surface area contributed by atoms with Gasteiger partial charge in [-0.3, -0.25) is 60.4 Å². The number of benzene rings is 1. The number of amides is 3. The fourth-order valence-corrected chi connectivity index (χ4v) is 20.2. The topological polar surface area (TPSA) is 539 Å². The number of thiocarbonyl (C=S) groups is 1. The van der Waals surface area contributed by atoms with Crippen LogP contribution in [0.4, 0.5) is 14.7 Å². The van der Waals surface area contributed by atoms with E-state index >= 15 is 0 Å². The first-order valence-electron chi connectivity index (χ1n) is 45.6. The molecule has 0 aliphatic heterocycles. The summed E-state index contributed by atoms with van der Waals surface area (Å²) in [6.45, 7) is 33.5. The minimum absolute atomic E-state index is 0. The van der Waals surface area contributed by atoms with Gasteiger partial charge in [0.15, 0.2) is 58.3 Å². The van der Waals surface area contributed by atoms with E-state index in [1.807, 2.05) is 66.5 Å². The second-order valence-corrected chi connectivity index (χ2v) is 39.4. The van der Waals surface area contributed by atoms with E-state index in [2.05, 4.69) is 73.5 Å². The number of thiazole rings is 7. The van der Waals surface area contributed by atoms with Gasteiger partial charge in [-0.2, -0.15) is 0 Å². The normalized spacial score (nSPS) is 12.2. The number of ether oxygens (including phenoxy) is 9. The molecule has 1 atom stereocenters. The number of anilines is 2. The number of nitrogen functional groups attached to an aromatic ring is 2. The number of carbonyl (C=O) groups excluding carboxylic acids is 15. The van der Waals surface area contributed by atoms with Gasteiger partial charge in [-0.05, 0) is 173 Å². The first-order valence-corrected chi connectivity index (χ1v) is 53.3. The molecule has 0 radical (unpaired) electrons. The van der Waals surface area contributed by atoms with Gasteiger partial charge in [-0.25, -0.2) is 72.8 Å². The molecule has 149 heavy (non-hydrogen) atoms. The minimum atomic E-state index is -1.14. The van der Waals surface area contributed by atoms with Crippen molar-refractivity contribution in [3.63, 3.8) is 0 Å². The van der Waals surface area contributed by atoms with Gasteiger partial charge in [0, 0.05) is 115 Å². The number of aromatic nitrogens is 12. The zero-order chi connectivity index (χ0) is 111. The number of hydrogen-bond donors (Lipinski definition) is 3. The SMILES string of the molecule is CCOC(=O)C(Cl)C(C)=O.CCOC(=O)c1sc(N)nc1C.CCOC(=O)c1sc(N)nc1C.CCOC(=O)c1sc2ncc(C(=O)C(=O)N(C)C)n2c1C.CCOC(=O)c1sc2ncc(C(=O)C(=O)N(C)C)n2c1C.CCOC(=O)c1sc2nccn2c1C.CCOC(=O)c1sc2nccn2c1C.CCOC(CBr)OCC.Cc1c(C(=O)C2CCC(Cc3ccc(F)cc3)CC2)sc2ncc(C(=O)C(=O)N(C)C)n12.N[C-]=S.[Na+]. The van der Waals surface area contributed by atoms with E-state index in [0.717, 1.165) is 110 Å². The van der Waals surface area contributed by atoms with Crippen molar-refractivity contribution >= 4 is 248 Å². The summed E-state index contributed by atoms with van der Waals surface area (Å²) in [5.41, 5.74) is 23.5. The number of Topliss-reactive ketones (excluding diaryl/α,β-unsaturated/α-hetero) is 5. The molecule has 804 valence electrons. The van der Waals surface area contributed by atoms with Gasteiger partial charge in [0.05, 0.1) is 86.4 Å². The van der Waals surface area contributed by atoms with Crippen molar-refractivity contribution in [2.24, 2.45) is 17.6 Å². The molecule has 1 aliphatic rings. The number of fused-ring (bicyclic) bond motifs is 5. The summed E-state index contributed by atoms with van der Waals surface area (Å²) < 4.78 is 65.7. The van der Waals surface area contributed by atoms with E-state index in [9.17, 15) is 76.3 Å². The van der Waals surface area contributed by atoms with Gasteiger partial charge in [0.2, 0.25) is 0 Å². The van der Waals surface area contributed by atoms with E-state index in [0.29, 0.717) is 133 Å². The number of alkyl halides is 2. The van der Waals surface area contributed by atoms with Crippen molar-refractivity contribution in [2.75, 3.05) is 119 Å². The van der Waals surface area contributed by atoms with Crippen LogP contribution in [0.25, 0.3) is 24.8 Å². The number of carbonyl (C=O) groups is 15. The fourth-order valence-electron chi connectivity index (χ4n) is 13.2. The van der Waals surface area contributed by atoms with E-state index < -0.39 is 58.4 Å². The predicted molar refractivity (Wildman–Crippen MR) is 571 cm³/mol. The molecule has 0 saturated heterocycles. The second-order valence-electron chi connectivity index (χ2n) is 31.1. The van der Waals surface area contributed by atoms with Gasteiger partial charge < -0.3 is 92.2 Å². The molecule has 1 aromatic carbocycles. The van der Waals surface area contributed by atoms with Crippen LogP contribution in [-0.2, 0) is 73.0 Å². The van der Waals surface area contributed by atoms with Crippen LogP contribution in [0.1, 0.15) is 240 Å². The third kappa shape index (κ3) is 36.4. The summed E-state index contributed by atoms with van der Waals surface area (Å²) in [7, 11) is 9.07. The summed E-state index contributed by atoms with van der Waals surface area (Å²) in [6.07, 6.45) is 15.6. The first-order chi connectivity index (χ1) is 70.1. The number of nitrogens with two attached hydrogens (primary N) is 3. The van der Waals surface area contributed by atoms with Gasteiger partial charge in [-0.1, -0.05) is 107 Å². The molecule has 3 amide bonds. The van der Waals surface area contributed by atoms with E-state index in [4.69, 9.17) is 61.0 Å². The Kier molecular flexibility index (Phi) is 56.0. The minimum Gasteiger partial charge on any atom is -0.570 e. The van der Waals surface area contributed by atoms with Crippen LogP contribution in [0.3, 0.4) is 0 Å². The summed E-state index contributed by atoms with van der Waals surface area (Å²) >= 11 is 21.1. The number of aryl methyl sites for hydroxylation is 7. The van der Waals surface area contributed by atoms with Crippen LogP contribution in [0.15, 0.2) is 67.6 Å². The largest absolute Gasteiger partial charge is 1.00 e. The average molecular weight is 2310 g/mol. The Morgan fingerprint density at radius 1 is 0.450 bits per heavy atom. The zero-order valence-electron chi connectivity index (χ0n) is 86.9. The zero-order valence-corrected chi connectivity index (χ0v) is 97.8. The summed E-state index contributed by atoms with van der Waals surface area (Å²) in [4.78, 5) is 215. The Bertz CT molecular complexity index is 6480.